The van der Waals surface area contributed by atoms with Crippen molar-refractivity contribution < 1.29 is 5.11 Å². The topological polar surface area (TPSA) is 35.5 Å². The van der Waals surface area contributed by atoms with E-state index in [0.717, 1.165) is 32.6 Å². The first kappa shape index (κ1) is 9.96. The van der Waals surface area contributed by atoms with Gasteiger partial charge in [-0.15, -0.1) is 0 Å². The van der Waals surface area contributed by atoms with E-state index in [0.29, 0.717) is 0 Å². The fraction of sp³-hybridized carbons (Fsp3) is 1.00. The fourth-order valence-corrected chi connectivity index (χ4v) is 1.71. The second-order valence-electron chi connectivity index (χ2n) is 3.98. The molecule has 0 aromatic carbocycles. The number of hydrogen-bond acceptors (Lipinski definition) is 3. The summed E-state index contributed by atoms with van der Waals surface area (Å²) in [4.78, 5) is 2.33. The van der Waals surface area contributed by atoms with E-state index in [1.165, 1.54) is 6.42 Å². The quantitative estimate of drug-likeness (QED) is 0.588. The van der Waals surface area contributed by atoms with Gasteiger partial charge in [-0.05, 0) is 39.9 Å². The van der Waals surface area contributed by atoms with E-state index in [1.54, 1.807) is 0 Å². The van der Waals surface area contributed by atoms with Crippen LogP contribution in [0.2, 0.25) is 0 Å². The van der Waals surface area contributed by atoms with Crippen molar-refractivity contribution in [3.8, 4) is 0 Å². The highest BCUT2D eigenvalue weighted by atomic mass is 16.3. The maximum Gasteiger partial charge on any atom is 0.0758 e. The molecule has 0 aliphatic carbocycles. The molecule has 72 valence electrons. The summed E-state index contributed by atoms with van der Waals surface area (Å²) in [6, 6.07) is 0. The average Bonchev–Trinajstić information content (AvgIpc) is 2.31. The highest BCUT2D eigenvalue weighted by Crippen LogP contribution is 2.19. The normalized spacial score (nSPS) is 31.2. The van der Waals surface area contributed by atoms with Gasteiger partial charge in [-0.2, -0.15) is 0 Å². The van der Waals surface area contributed by atoms with Crippen LogP contribution in [-0.2, 0) is 0 Å². The van der Waals surface area contributed by atoms with Crippen LogP contribution in [0.5, 0.6) is 0 Å². The summed E-state index contributed by atoms with van der Waals surface area (Å²) in [5.41, 5.74) is -0.431. The molecule has 1 saturated heterocycles. The van der Waals surface area contributed by atoms with E-state index in [1.807, 2.05) is 14.0 Å². The van der Waals surface area contributed by atoms with Crippen LogP contribution < -0.4 is 5.32 Å². The number of β-amino-alcohol motifs (C(OH)–C–C–N with tert-alkyl or cyclic N) is 1. The van der Waals surface area contributed by atoms with Gasteiger partial charge in [0, 0.05) is 13.1 Å². The molecule has 1 aliphatic rings. The minimum atomic E-state index is -0.431. The molecule has 1 unspecified atom stereocenters. The van der Waals surface area contributed by atoms with Crippen LogP contribution in [0.25, 0.3) is 0 Å². The van der Waals surface area contributed by atoms with Gasteiger partial charge in [-0.25, -0.2) is 0 Å². The molecule has 0 spiro atoms. The van der Waals surface area contributed by atoms with Crippen molar-refractivity contribution in [2.45, 2.75) is 25.4 Å². The minimum Gasteiger partial charge on any atom is -0.389 e. The average molecular weight is 172 g/mol. The molecular formula is C9H20N2O. The molecule has 3 nitrogen and oxygen atoms in total. The van der Waals surface area contributed by atoms with E-state index in [2.05, 4.69) is 10.2 Å². The third-order valence-electron chi connectivity index (χ3n) is 2.43. The Balaban J connectivity index is 2.11. The molecule has 0 radical (unpaired) electrons. The predicted octanol–water partition coefficient (Wildman–Crippen LogP) is 0.0526. The van der Waals surface area contributed by atoms with Crippen molar-refractivity contribution in [1.82, 2.24) is 10.2 Å². The second-order valence-corrected chi connectivity index (χ2v) is 3.98. The molecule has 2 N–H and O–H groups in total. The van der Waals surface area contributed by atoms with Crippen LogP contribution in [-0.4, -0.2) is 48.8 Å². The number of nitrogens with zero attached hydrogens (tertiary/aromatic N) is 1. The number of nitrogens with one attached hydrogen (secondary N) is 1. The number of rotatable bonds is 4. The van der Waals surface area contributed by atoms with Crippen LogP contribution >= 0.6 is 0 Å². The molecule has 1 fully saturated rings. The summed E-state index contributed by atoms with van der Waals surface area (Å²) in [6.45, 7) is 5.99. The number of likely N-dealkylation sites (tertiary alicyclic amines) is 1. The summed E-state index contributed by atoms with van der Waals surface area (Å²) in [5.74, 6) is 0. The van der Waals surface area contributed by atoms with Gasteiger partial charge in [0.05, 0.1) is 5.60 Å². The van der Waals surface area contributed by atoms with Crippen LogP contribution in [0.3, 0.4) is 0 Å². The van der Waals surface area contributed by atoms with E-state index in [-0.39, 0.29) is 0 Å². The van der Waals surface area contributed by atoms with Crippen LogP contribution in [0.15, 0.2) is 0 Å². The predicted molar refractivity (Wildman–Crippen MR) is 50.2 cm³/mol. The summed E-state index contributed by atoms with van der Waals surface area (Å²) >= 11 is 0. The molecule has 0 aromatic heterocycles. The van der Waals surface area contributed by atoms with Gasteiger partial charge >= 0.3 is 0 Å². The smallest absolute Gasteiger partial charge is 0.0758 e. The SMILES string of the molecule is CNCCCN1CCC(C)(O)C1. The van der Waals surface area contributed by atoms with Crippen molar-refractivity contribution >= 4 is 0 Å². The van der Waals surface area contributed by atoms with Gasteiger partial charge in [0.25, 0.3) is 0 Å². The molecule has 1 heterocycles. The van der Waals surface area contributed by atoms with Crippen molar-refractivity contribution in [1.29, 1.82) is 0 Å². The lowest BCUT2D eigenvalue weighted by molar-refractivity contribution is 0.0687. The summed E-state index contributed by atoms with van der Waals surface area (Å²) in [6.07, 6.45) is 2.10. The highest BCUT2D eigenvalue weighted by Gasteiger charge is 2.30. The molecule has 0 bridgehead atoms. The zero-order valence-corrected chi connectivity index (χ0v) is 8.14. The van der Waals surface area contributed by atoms with E-state index < -0.39 is 5.60 Å². The standard InChI is InChI=1S/C9H20N2O/c1-9(12)4-7-11(8-9)6-3-5-10-2/h10,12H,3-8H2,1-2H3. The maximum atomic E-state index is 9.66. The molecule has 0 saturated carbocycles. The summed E-state index contributed by atoms with van der Waals surface area (Å²) in [5, 5.41) is 12.8. The Kier molecular flexibility index (Phi) is 3.50. The van der Waals surface area contributed by atoms with Crippen molar-refractivity contribution in [2.75, 3.05) is 33.2 Å². The Morgan fingerprint density at radius 2 is 2.33 bits per heavy atom. The van der Waals surface area contributed by atoms with Crippen LogP contribution in [0, 0.1) is 0 Å². The third kappa shape index (κ3) is 3.09. The number of aliphatic hydroxyl groups is 1. The first-order chi connectivity index (χ1) is 5.64. The molecule has 0 aromatic rings. The third-order valence-corrected chi connectivity index (χ3v) is 2.43. The molecule has 3 heteroatoms. The molecular weight excluding hydrogens is 152 g/mol. The van der Waals surface area contributed by atoms with Gasteiger partial charge < -0.3 is 15.3 Å². The zero-order chi connectivity index (χ0) is 9.03. The Labute approximate surface area is 74.8 Å². The maximum absolute atomic E-state index is 9.66. The minimum absolute atomic E-state index is 0.431. The van der Waals surface area contributed by atoms with Crippen molar-refractivity contribution in [3.63, 3.8) is 0 Å². The Morgan fingerprint density at radius 3 is 2.83 bits per heavy atom. The molecule has 1 atom stereocenters. The van der Waals surface area contributed by atoms with Gasteiger partial charge in [-0.1, -0.05) is 0 Å². The largest absolute Gasteiger partial charge is 0.389 e. The lowest BCUT2D eigenvalue weighted by Gasteiger charge is -2.18. The monoisotopic (exact) mass is 172 g/mol. The molecule has 12 heavy (non-hydrogen) atoms. The van der Waals surface area contributed by atoms with E-state index in [4.69, 9.17) is 0 Å². The first-order valence-corrected chi connectivity index (χ1v) is 4.73. The summed E-state index contributed by atoms with van der Waals surface area (Å²) < 4.78 is 0. The van der Waals surface area contributed by atoms with Gasteiger partial charge in [-0.3, -0.25) is 0 Å². The van der Waals surface area contributed by atoms with E-state index in [9.17, 15) is 5.11 Å². The highest BCUT2D eigenvalue weighted by molar-refractivity contribution is 4.85. The van der Waals surface area contributed by atoms with Crippen molar-refractivity contribution in [3.05, 3.63) is 0 Å². The molecule has 1 aliphatic heterocycles. The van der Waals surface area contributed by atoms with Crippen molar-refractivity contribution in [2.24, 2.45) is 0 Å². The Bertz CT molecular complexity index is 136. The van der Waals surface area contributed by atoms with Gasteiger partial charge in [0.2, 0.25) is 0 Å². The Hall–Kier alpha value is -0.120. The zero-order valence-electron chi connectivity index (χ0n) is 8.14. The lowest BCUT2D eigenvalue weighted by atomic mass is 10.1. The van der Waals surface area contributed by atoms with Gasteiger partial charge in [0.1, 0.15) is 0 Å². The first-order valence-electron chi connectivity index (χ1n) is 4.73. The number of hydrogen-bond donors (Lipinski definition) is 2. The fourth-order valence-electron chi connectivity index (χ4n) is 1.71. The van der Waals surface area contributed by atoms with E-state index >= 15 is 0 Å². The molecule has 1 rings (SSSR count). The van der Waals surface area contributed by atoms with Crippen LogP contribution in [0.4, 0.5) is 0 Å². The summed E-state index contributed by atoms with van der Waals surface area (Å²) in [7, 11) is 1.97. The lowest BCUT2D eigenvalue weighted by Crippen LogP contribution is -2.31. The second kappa shape index (κ2) is 4.21. The Morgan fingerprint density at radius 1 is 1.58 bits per heavy atom. The van der Waals surface area contributed by atoms with Crippen LogP contribution in [0.1, 0.15) is 19.8 Å². The molecule has 0 amide bonds. The van der Waals surface area contributed by atoms with Gasteiger partial charge in [0.15, 0.2) is 0 Å².